The van der Waals surface area contributed by atoms with E-state index >= 15 is 0 Å². The van der Waals surface area contributed by atoms with Crippen LogP contribution in [0.3, 0.4) is 0 Å². The fourth-order valence-corrected chi connectivity index (χ4v) is 3.15. The van der Waals surface area contributed by atoms with Gasteiger partial charge < -0.3 is 5.32 Å². The van der Waals surface area contributed by atoms with Gasteiger partial charge in [0.15, 0.2) is 0 Å². The van der Waals surface area contributed by atoms with Gasteiger partial charge in [0.05, 0.1) is 29.9 Å². The minimum absolute atomic E-state index is 0.119. The molecule has 0 aliphatic carbocycles. The zero-order valence-corrected chi connectivity index (χ0v) is 15.0. The summed E-state index contributed by atoms with van der Waals surface area (Å²) in [5, 5.41) is 2.82. The van der Waals surface area contributed by atoms with Crippen LogP contribution in [0, 0.1) is 0 Å². The Hall–Kier alpha value is -3.80. The number of fused-ring (bicyclic) bond motifs is 1. The second kappa shape index (κ2) is 7.44. The highest BCUT2D eigenvalue weighted by molar-refractivity contribution is 6.21. The van der Waals surface area contributed by atoms with Crippen LogP contribution < -0.4 is 5.32 Å². The number of amides is 3. The summed E-state index contributed by atoms with van der Waals surface area (Å²) in [7, 11) is 0. The smallest absolute Gasteiger partial charge is 0.261 e. The third kappa shape index (κ3) is 3.40. The highest BCUT2D eigenvalue weighted by atomic mass is 16.2. The van der Waals surface area contributed by atoms with Crippen molar-refractivity contribution < 1.29 is 14.4 Å². The van der Waals surface area contributed by atoms with Crippen LogP contribution in [0.4, 0.5) is 0 Å². The van der Waals surface area contributed by atoms with Gasteiger partial charge in [-0.2, -0.15) is 0 Å². The molecule has 0 saturated carbocycles. The van der Waals surface area contributed by atoms with Crippen molar-refractivity contribution in [1.29, 1.82) is 0 Å². The first-order valence-corrected chi connectivity index (χ1v) is 8.86. The average Bonchev–Trinajstić information content (AvgIpc) is 2.98. The van der Waals surface area contributed by atoms with Gasteiger partial charge in [-0.15, -0.1) is 0 Å². The fraction of sp³-hybridized carbons (Fsp3) is 0.0909. The van der Waals surface area contributed by atoms with Crippen LogP contribution in [0.2, 0.25) is 0 Å². The molecule has 1 aliphatic heterocycles. The molecule has 6 nitrogen and oxygen atoms in total. The molecular formula is C22H17N3O3. The van der Waals surface area contributed by atoms with Crippen molar-refractivity contribution in [2.24, 2.45) is 0 Å². The predicted molar refractivity (Wildman–Crippen MR) is 102 cm³/mol. The number of aromatic nitrogens is 1. The van der Waals surface area contributed by atoms with Gasteiger partial charge >= 0.3 is 0 Å². The van der Waals surface area contributed by atoms with Gasteiger partial charge in [0.25, 0.3) is 17.7 Å². The van der Waals surface area contributed by atoms with Crippen LogP contribution in [-0.2, 0) is 13.1 Å². The zero-order chi connectivity index (χ0) is 19.5. The maximum Gasteiger partial charge on any atom is 0.261 e. The van der Waals surface area contributed by atoms with E-state index in [-0.39, 0.29) is 24.3 Å². The molecule has 0 atom stereocenters. The lowest BCUT2D eigenvalue weighted by molar-refractivity contribution is 0.0642. The Morgan fingerprint density at radius 2 is 1.61 bits per heavy atom. The summed E-state index contributed by atoms with van der Waals surface area (Å²) in [5.41, 5.74) is 2.76. The SMILES string of the molecule is O=C(NCc1ccccn1)c1cccc(CN2C(=O)c3ccccc3C2=O)c1. The normalized spacial score (nSPS) is 12.8. The summed E-state index contributed by atoms with van der Waals surface area (Å²) >= 11 is 0. The molecule has 1 aromatic heterocycles. The topological polar surface area (TPSA) is 79.4 Å². The first kappa shape index (κ1) is 17.6. The molecule has 1 aliphatic rings. The van der Waals surface area contributed by atoms with Gasteiger partial charge in [0.2, 0.25) is 0 Å². The lowest BCUT2D eigenvalue weighted by Crippen LogP contribution is -2.29. The maximum absolute atomic E-state index is 12.5. The molecule has 0 bridgehead atoms. The van der Waals surface area contributed by atoms with E-state index in [4.69, 9.17) is 0 Å². The number of carbonyl (C=O) groups is 3. The monoisotopic (exact) mass is 371 g/mol. The minimum atomic E-state index is -0.314. The summed E-state index contributed by atoms with van der Waals surface area (Å²) in [5.74, 6) is -0.869. The second-order valence-electron chi connectivity index (χ2n) is 6.45. The third-order valence-corrected chi connectivity index (χ3v) is 4.56. The summed E-state index contributed by atoms with van der Waals surface area (Å²) < 4.78 is 0. The highest BCUT2D eigenvalue weighted by Crippen LogP contribution is 2.24. The number of benzene rings is 2. The van der Waals surface area contributed by atoms with E-state index in [2.05, 4.69) is 10.3 Å². The van der Waals surface area contributed by atoms with Crippen molar-refractivity contribution in [2.75, 3.05) is 0 Å². The molecule has 28 heavy (non-hydrogen) atoms. The maximum atomic E-state index is 12.5. The number of nitrogens with one attached hydrogen (secondary N) is 1. The van der Waals surface area contributed by atoms with Gasteiger partial charge in [0.1, 0.15) is 0 Å². The lowest BCUT2D eigenvalue weighted by Gasteiger charge is -2.14. The Labute approximate surface area is 161 Å². The van der Waals surface area contributed by atoms with Gasteiger partial charge in [-0.25, -0.2) is 0 Å². The molecule has 138 valence electrons. The van der Waals surface area contributed by atoms with Gasteiger partial charge in [-0.05, 0) is 42.0 Å². The number of rotatable bonds is 5. The van der Waals surface area contributed by atoms with Gasteiger partial charge in [-0.1, -0.05) is 30.3 Å². The molecule has 3 amide bonds. The molecule has 3 aromatic rings. The predicted octanol–water partition coefficient (Wildman–Crippen LogP) is 2.81. The zero-order valence-electron chi connectivity index (χ0n) is 15.0. The van der Waals surface area contributed by atoms with Gasteiger partial charge in [-0.3, -0.25) is 24.3 Å². The number of hydrogen-bond donors (Lipinski definition) is 1. The summed E-state index contributed by atoms with van der Waals surface area (Å²) in [6, 6.07) is 19.2. The Morgan fingerprint density at radius 3 is 2.29 bits per heavy atom. The summed E-state index contributed by atoms with van der Waals surface area (Å²) in [4.78, 5) is 42.8. The van der Waals surface area contributed by atoms with E-state index in [1.54, 1.807) is 54.7 Å². The van der Waals surface area contributed by atoms with Crippen LogP contribution >= 0.6 is 0 Å². The molecule has 2 heterocycles. The highest BCUT2D eigenvalue weighted by Gasteiger charge is 2.34. The first-order chi connectivity index (χ1) is 13.6. The van der Waals surface area contributed by atoms with Crippen molar-refractivity contribution in [3.63, 3.8) is 0 Å². The molecule has 1 N–H and O–H groups in total. The number of carbonyl (C=O) groups excluding carboxylic acids is 3. The molecule has 6 heteroatoms. The Kier molecular flexibility index (Phi) is 4.68. The van der Waals surface area contributed by atoms with Crippen LogP contribution in [0.5, 0.6) is 0 Å². The molecular weight excluding hydrogens is 354 g/mol. The summed E-state index contributed by atoms with van der Waals surface area (Å²) in [6.45, 7) is 0.440. The van der Waals surface area contributed by atoms with E-state index in [1.807, 2.05) is 18.2 Å². The third-order valence-electron chi connectivity index (χ3n) is 4.56. The van der Waals surface area contributed by atoms with E-state index in [1.165, 1.54) is 4.90 Å². The van der Waals surface area contributed by atoms with Crippen molar-refractivity contribution in [1.82, 2.24) is 15.2 Å². The van der Waals surface area contributed by atoms with Gasteiger partial charge in [0, 0.05) is 11.8 Å². The fourth-order valence-electron chi connectivity index (χ4n) is 3.15. The minimum Gasteiger partial charge on any atom is -0.346 e. The van der Waals surface area contributed by atoms with E-state index in [0.29, 0.717) is 28.8 Å². The van der Waals surface area contributed by atoms with Crippen LogP contribution in [0.15, 0.2) is 72.9 Å². The first-order valence-electron chi connectivity index (χ1n) is 8.86. The second-order valence-corrected chi connectivity index (χ2v) is 6.45. The Balaban J connectivity index is 1.46. The molecule has 0 radical (unpaired) electrons. The number of pyridine rings is 1. The molecule has 0 spiro atoms. The Morgan fingerprint density at radius 1 is 0.893 bits per heavy atom. The largest absolute Gasteiger partial charge is 0.346 e. The van der Waals surface area contributed by atoms with E-state index in [0.717, 1.165) is 5.69 Å². The molecule has 0 fully saturated rings. The Bertz CT molecular complexity index is 1030. The van der Waals surface area contributed by atoms with E-state index < -0.39 is 0 Å². The van der Waals surface area contributed by atoms with E-state index in [9.17, 15) is 14.4 Å². The van der Waals surface area contributed by atoms with Crippen molar-refractivity contribution in [3.8, 4) is 0 Å². The number of imide groups is 1. The molecule has 0 unspecified atom stereocenters. The average molecular weight is 371 g/mol. The van der Waals surface area contributed by atoms with Crippen molar-refractivity contribution in [2.45, 2.75) is 13.1 Å². The molecule has 0 saturated heterocycles. The standard InChI is InChI=1S/C22H17N3O3/c26-20(24-13-17-8-3-4-11-23-17)16-7-5-6-15(12-16)14-25-21(27)18-9-1-2-10-19(18)22(25)28/h1-12H,13-14H2,(H,24,26). The summed E-state index contributed by atoms with van der Waals surface area (Å²) in [6.07, 6.45) is 1.67. The molecule has 2 aromatic carbocycles. The number of hydrogen-bond acceptors (Lipinski definition) is 4. The number of nitrogens with zero attached hydrogens (tertiary/aromatic N) is 2. The van der Waals surface area contributed by atoms with Crippen molar-refractivity contribution in [3.05, 3.63) is 101 Å². The lowest BCUT2D eigenvalue weighted by atomic mass is 10.1. The molecule has 4 rings (SSSR count). The van der Waals surface area contributed by atoms with Crippen LogP contribution in [0.1, 0.15) is 42.3 Å². The van der Waals surface area contributed by atoms with Crippen LogP contribution in [-0.4, -0.2) is 27.6 Å². The van der Waals surface area contributed by atoms with Crippen LogP contribution in [0.25, 0.3) is 0 Å². The van der Waals surface area contributed by atoms with Crippen molar-refractivity contribution >= 4 is 17.7 Å². The quantitative estimate of drug-likeness (QED) is 0.700.